The summed E-state index contributed by atoms with van der Waals surface area (Å²) in [5.74, 6) is -0.506. The molecule has 1 aromatic carbocycles. The van der Waals surface area contributed by atoms with Crippen molar-refractivity contribution in [2.24, 2.45) is 0 Å². The highest BCUT2D eigenvalue weighted by atomic mass is 16.5. The standard InChI is InChI=1S/C17H23NO4/c1-12(19)16-7-5-15(6-8-16)9-10-17(4,18-13(2)20)11-22-14(3)21/h5-8H,9-11H2,1-4H3,(H,18,20). The van der Waals surface area contributed by atoms with Crippen LogP contribution >= 0.6 is 0 Å². The van der Waals surface area contributed by atoms with Crippen molar-refractivity contribution in [2.75, 3.05) is 6.61 Å². The molecule has 5 heteroatoms. The number of rotatable bonds is 7. The second kappa shape index (κ2) is 7.73. The van der Waals surface area contributed by atoms with Gasteiger partial charge in [-0.15, -0.1) is 0 Å². The van der Waals surface area contributed by atoms with Gasteiger partial charge in [-0.3, -0.25) is 14.4 Å². The summed E-state index contributed by atoms with van der Waals surface area (Å²) in [5, 5.41) is 2.84. The van der Waals surface area contributed by atoms with Gasteiger partial charge in [0.05, 0.1) is 5.54 Å². The molecule has 0 saturated carbocycles. The Balaban J connectivity index is 2.71. The maximum absolute atomic E-state index is 11.3. The lowest BCUT2D eigenvalue weighted by Crippen LogP contribution is -2.49. The Morgan fingerprint density at radius 3 is 2.14 bits per heavy atom. The zero-order chi connectivity index (χ0) is 16.8. The van der Waals surface area contributed by atoms with E-state index in [0.717, 1.165) is 5.56 Å². The number of Topliss-reactive ketones (excluding diaryl/α,β-unsaturated/α-hetero) is 1. The molecule has 22 heavy (non-hydrogen) atoms. The maximum Gasteiger partial charge on any atom is 0.302 e. The molecule has 5 nitrogen and oxygen atoms in total. The smallest absolute Gasteiger partial charge is 0.302 e. The molecule has 0 aliphatic heterocycles. The molecular weight excluding hydrogens is 282 g/mol. The molecule has 0 spiro atoms. The number of carbonyl (C=O) groups excluding carboxylic acids is 3. The number of hydrogen-bond donors (Lipinski definition) is 1. The number of ether oxygens (including phenoxy) is 1. The Labute approximate surface area is 131 Å². The number of ketones is 1. The van der Waals surface area contributed by atoms with Gasteiger partial charge in [-0.05, 0) is 32.3 Å². The molecule has 0 radical (unpaired) electrons. The minimum Gasteiger partial charge on any atom is -0.463 e. The summed E-state index contributed by atoms with van der Waals surface area (Å²) >= 11 is 0. The van der Waals surface area contributed by atoms with Crippen LogP contribution in [0.1, 0.15) is 50.0 Å². The van der Waals surface area contributed by atoms with E-state index in [1.54, 1.807) is 12.1 Å². The van der Waals surface area contributed by atoms with Gasteiger partial charge in [-0.2, -0.15) is 0 Å². The van der Waals surface area contributed by atoms with Gasteiger partial charge in [0.1, 0.15) is 6.61 Å². The summed E-state index contributed by atoms with van der Waals surface area (Å²) < 4.78 is 5.05. The molecule has 0 aromatic heterocycles. The van der Waals surface area contributed by atoms with E-state index in [1.165, 1.54) is 20.8 Å². The number of aryl methyl sites for hydroxylation is 1. The van der Waals surface area contributed by atoms with Crippen LogP contribution in [0, 0.1) is 0 Å². The quantitative estimate of drug-likeness (QED) is 0.619. The Hall–Kier alpha value is -2.17. The molecule has 1 N–H and O–H groups in total. The minimum absolute atomic E-state index is 0.0319. The van der Waals surface area contributed by atoms with E-state index >= 15 is 0 Å². The number of benzene rings is 1. The number of amides is 1. The lowest BCUT2D eigenvalue weighted by atomic mass is 9.93. The van der Waals surface area contributed by atoms with Crippen molar-refractivity contribution in [2.45, 2.75) is 46.1 Å². The van der Waals surface area contributed by atoms with Gasteiger partial charge in [0.15, 0.2) is 5.78 Å². The first kappa shape index (κ1) is 17.9. The summed E-state index contributed by atoms with van der Waals surface area (Å²) in [6.45, 7) is 6.29. The molecule has 0 bridgehead atoms. The fraction of sp³-hybridized carbons (Fsp3) is 0.471. The number of hydrogen-bond acceptors (Lipinski definition) is 4. The SMILES string of the molecule is CC(=O)NC(C)(CCc1ccc(C(C)=O)cc1)COC(C)=O. The zero-order valence-corrected chi connectivity index (χ0v) is 13.6. The van der Waals surface area contributed by atoms with E-state index in [4.69, 9.17) is 4.74 Å². The van der Waals surface area contributed by atoms with Crippen LogP contribution in [0.4, 0.5) is 0 Å². The van der Waals surface area contributed by atoms with Crippen molar-refractivity contribution in [3.63, 3.8) is 0 Å². The van der Waals surface area contributed by atoms with Crippen molar-refractivity contribution in [1.29, 1.82) is 0 Å². The van der Waals surface area contributed by atoms with Gasteiger partial charge in [0.2, 0.25) is 5.91 Å². The van der Waals surface area contributed by atoms with Crippen LogP contribution in [0.25, 0.3) is 0 Å². The molecule has 0 aliphatic carbocycles. The molecule has 1 unspecified atom stereocenters. The molecule has 1 atom stereocenters. The van der Waals surface area contributed by atoms with Crippen LogP contribution in [0.3, 0.4) is 0 Å². The Kier molecular flexibility index (Phi) is 6.28. The summed E-state index contributed by atoms with van der Waals surface area (Å²) in [7, 11) is 0. The third kappa shape index (κ3) is 6.08. The van der Waals surface area contributed by atoms with Crippen LogP contribution in [0.5, 0.6) is 0 Å². The van der Waals surface area contributed by atoms with E-state index in [9.17, 15) is 14.4 Å². The molecule has 1 aromatic rings. The number of esters is 1. The third-order valence-corrected chi connectivity index (χ3v) is 3.40. The number of nitrogens with one attached hydrogen (secondary N) is 1. The summed E-state index contributed by atoms with van der Waals surface area (Å²) in [6.07, 6.45) is 1.33. The van der Waals surface area contributed by atoms with E-state index in [0.29, 0.717) is 18.4 Å². The average molecular weight is 305 g/mol. The van der Waals surface area contributed by atoms with Crippen LogP contribution in [-0.4, -0.2) is 29.8 Å². The predicted molar refractivity (Wildman–Crippen MR) is 83.6 cm³/mol. The second-order valence-electron chi connectivity index (χ2n) is 5.78. The van der Waals surface area contributed by atoms with Gasteiger partial charge in [0.25, 0.3) is 0 Å². The first-order valence-corrected chi connectivity index (χ1v) is 7.24. The van der Waals surface area contributed by atoms with Gasteiger partial charge in [-0.25, -0.2) is 0 Å². The van der Waals surface area contributed by atoms with Crippen molar-refractivity contribution in [3.05, 3.63) is 35.4 Å². The number of carbonyl (C=O) groups is 3. The lowest BCUT2D eigenvalue weighted by Gasteiger charge is -2.29. The van der Waals surface area contributed by atoms with Crippen LogP contribution in [-0.2, 0) is 20.7 Å². The van der Waals surface area contributed by atoms with E-state index in [2.05, 4.69) is 5.32 Å². The van der Waals surface area contributed by atoms with Gasteiger partial charge in [-0.1, -0.05) is 24.3 Å². The maximum atomic E-state index is 11.3. The molecule has 0 heterocycles. The molecule has 120 valence electrons. The lowest BCUT2D eigenvalue weighted by molar-refractivity contribution is -0.144. The minimum atomic E-state index is -0.614. The fourth-order valence-electron chi connectivity index (χ4n) is 2.18. The van der Waals surface area contributed by atoms with Gasteiger partial charge in [0, 0.05) is 19.4 Å². The highest BCUT2D eigenvalue weighted by Gasteiger charge is 2.26. The van der Waals surface area contributed by atoms with Crippen LogP contribution in [0.15, 0.2) is 24.3 Å². The zero-order valence-electron chi connectivity index (χ0n) is 13.6. The van der Waals surface area contributed by atoms with Crippen LogP contribution < -0.4 is 5.32 Å². The van der Waals surface area contributed by atoms with Crippen LogP contribution in [0.2, 0.25) is 0 Å². The molecular formula is C17H23NO4. The van der Waals surface area contributed by atoms with Crippen molar-refractivity contribution >= 4 is 17.7 Å². The fourth-order valence-corrected chi connectivity index (χ4v) is 2.18. The summed E-state index contributed by atoms with van der Waals surface area (Å²) in [5.41, 5.74) is 1.12. The highest BCUT2D eigenvalue weighted by Crippen LogP contribution is 2.16. The van der Waals surface area contributed by atoms with Crippen molar-refractivity contribution in [3.8, 4) is 0 Å². The molecule has 0 aliphatic rings. The van der Waals surface area contributed by atoms with Gasteiger partial charge >= 0.3 is 5.97 Å². The van der Waals surface area contributed by atoms with E-state index < -0.39 is 5.54 Å². The monoisotopic (exact) mass is 305 g/mol. The second-order valence-corrected chi connectivity index (χ2v) is 5.78. The molecule has 1 amide bonds. The highest BCUT2D eigenvalue weighted by molar-refractivity contribution is 5.94. The Morgan fingerprint density at radius 2 is 1.68 bits per heavy atom. The predicted octanol–water partition coefficient (Wildman–Crippen LogP) is 2.28. The molecule has 0 fully saturated rings. The Morgan fingerprint density at radius 1 is 1.09 bits per heavy atom. The normalized spacial score (nSPS) is 13.1. The first-order chi connectivity index (χ1) is 10.2. The van der Waals surface area contributed by atoms with Gasteiger partial charge < -0.3 is 10.1 Å². The van der Waals surface area contributed by atoms with Crippen molar-refractivity contribution < 1.29 is 19.1 Å². The molecule has 1 rings (SSSR count). The molecule has 0 saturated heterocycles. The Bertz CT molecular complexity index is 550. The summed E-state index contributed by atoms with van der Waals surface area (Å²) in [4.78, 5) is 33.6. The largest absolute Gasteiger partial charge is 0.463 e. The summed E-state index contributed by atoms with van der Waals surface area (Å²) in [6, 6.07) is 7.38. The average Bonchev–Trinajstić information content (AvgIpc) is 2.43. The van der Waals surface area contributed by atoms with Crippen molar-refractivity contribution in [1.82, 2.24) is 5.32 Å². The first-order valence-electron chi connectivity index (χ1n) is 7.24. The topological polar surface area (TPSA) is 72.5 Å². The third-order valence-electron chi connectivity index (χ3n) is 3.40. The van der Waals surface area contributed by atoms with E-state index in [-0.39, 0.29) is 24.3 Å². The van der Waals surface area contributed by atoms with E-state index in [1.807, 2.05) is 19.1 Å².